The van der Waals surface area contributed by atoms with Gasteiger partial charge in [-0.3, -0.25) is 34.7 Å². The first kappa shape index (κ1) is 36.8. The van der Waals surface area contributed by atoms with Crippen molar-refractivity contribution in [3.05, 3.63) is 69.2 Å². The van der Waals surface area contributed by atoms with Gasteiger partial charge < -0.3 is 29.9 Å². The minimum Gasteiger partial charge on any atom is -0.376 e. The fourth-order valence-corrected chi connectivity index (χ4v) is 11.6. The van der Waals surface area contributed by atoms with E-state index in [1.165, 1.54) is 22.3 Å². The minimum atomic E-state index is -1.42. The van der Waals surface area contributed by atoms with Gasteiger partial charge in [-0.15, -0.1) is 4.43 Å². The average Bonchev–Trinajstić information content (AvgIpc) is 3.14. The molecule has 4 aliphatic rings. The Labute approximate surface area is 307 Å². The second kappa shape index (κ2) is 15.7. The van der Waals surface area contributed by atoms with Gasteiger partial charge in [0.1, 0.15) is 16.8 Å². The number of nitrogens with two attached hydrogens (primary N) is 1. The van der Waals surface area contributed by atoms with Gasteiger partial charge in [0.05, 0.1) is 0 Å². The average molecular weight is 734 g/mol. The third-order valence-corrected chi connectivity index (χ3v) is 15.1. The van der Waals surface area contributed by atoms with Crippen LogP contribution in [0.5, 0.6) is 0 Å². The number of carbonyl (C=O) groups is 4. The number of rotatable bonds is 8. The van der Waals surface area contributed by atoms with Crippen molar-refractivity contribution in [2.45, 2.75) is 55.9 Å². The molecular formula is C36H47AlClN8O5+. The van der Waals surface area contributed by atoms with Crippen molar-refractivity contribution in [2.24, 2.45) is 5.41 Å². The molecule has 4 fully saturated rings. The molecule has 1 unspecified atom stereocenters. The maximum Gasteiger partial charge on any atom is 0.324 e. The number of imide groups is 1. The number of carbonyl (C=O) groups excluding carboxylic acids is 4. The normalized spacial score (nSPS) is 23.0. The summed E-state index contributed by atoms with van der Waals surface area (Å²) >= 11 is 4.83. The molecule has 4 amide bonds. The van der Waals surface area contributed by atoms with E-state index in [0.717, 1.165) is 74.8 Å². The molecule has 270 valence electrons. The third kappa shape index (κ3) is 8.25. The molecule has 4 aliphatic heterocycles. The predicted molar refractivity (Wildman–Crippen MR) is 197 cm³/mol. The van der Waals surface area contributed by atoms with Crippen LogP contribution < -0.4 is 36.2 Å². The van der Waals surface area contributed by atoms with Crippen LogP contribution in [0.2, 0.25) is 5.28 Å². The predicted octanol–water partition coefficient (Wildman–Crippen LogP) is -0.480. The zero-order chi connectivity index (χ0) is 36.3. The molecule has 0 saturated carbocycles. The molecule has 0 radical (unpaired) electrons. The number of piperidine rings is 3. The van der Waals surface area contributed by atoms with Gasteiger partial charge in [0, 0.05) is 75.7 Å². The number of hydrogen-bond donors (Lipinski definition) is 4. The van der Waals surface area contributed by atoms with Crippen molar-refractivity contribution in [1.82, 2.24) is 30.3 Å². The lowest BCUT2D eigenvalue weighted by Crippen LogP contribution is -2.55. The number of halogens is 1. The van der Waals surface area contributed by atoms with Crippen LogP contribution in [0.25, 0.3) is 0 Å². The number of likely N-dealkylation sites (N-methyl/N-ethyl adjacent to an activating group) is 2. The number of nitrogens with one attached hydrogen (secondary N) is 3. The van der Waals surface area contributed by atoms with E-state index in [2.05, 4.69) is 44.9 Å². The largest absolute Gasteiger partial charge is 0.376 e. The number of nitrogens with zero attached hydrogens (tertiary/aromatic N) is 4. The highest BCUT2D eigenvalue weighted by atomic mass is 35.5. The summed E-state index contributed by atoms with van der Waals surface area (Å²) < 4.78 is 2.72. The lowest BCUT2D eigenvalue weighted by molar-refractivity contribution is -0.135. The van der Waals surface area contributed by atoms with E-state index in [1.807, 2.05) is 23.1 Å². The van der Waals surface area contributed by atoms with Crippen LogP contribution in [0.4, 0.5) is 5.69 Å². The first-order chi connectivity index (χ1) is 24.5. The molecule has 0 bridgehead atoms. The highest BCUT2D eigenvalue weighted by Crippen LogP contribution is 2.42. The van der Waals surface area contributed by atoms with Crippen LogP contribution in [0.3, 0.4) is 0 Å². The highest BCUT2D eigenvalue weighted by molar-refractivity contribution is 6.73. The number of aromatic nitrogens is 1. The minimum absolute atomic E-state index is 0.0391. The van der Waals surface area contributed by atoms with E-state index >= 15 is 0 Å². The summed E-state index contributed by atoms with van der Waals surface area (Å²) in [5.74, 6) is -1.05. The lowest BCUT2D eigenvalue weighted by atomic mass is 9.71. The molecule has 51 heavy (non-hydrogen) atoms. The van der Waals surface area contributed by atoms with Crippen molar-refractivity contribution in [2.75, 3.05) is 57.1 Å². The fraction of sp³-hybridized carbons (Fsp3) is 0.500. The van der Waals surface area contributed by atoms with Gasteiger partial charge in [0.25, 0.3) is 17.4 Å². The van der Waals surface area contributed by atoms with Gasteiger partial charge in [-0.2, -0.15) is 0 Å². The summed E-state index contributed by atoms with van der Waals surface area (Å²) in [7, 11) is 3.62. The standard InChI is InChI=1S/C26H29N4O4.C10H17ClN4O.Al/c31-22-7-6-21(24(33)27-22)30-13-8-20(18-23(30)32)28-14-9-26(10-15-28)11-16-29(17-12-26)25(34)19-4-2-1-3-5-19;1-7(6-15(3)4)14-8(5-12)9(11)10(16)13-2;/h2-5,8,13,18,21H,6-7,9-12,14-17H2,(H,27,31,33);5,7,12,14H,1,3,6H2,2,4H3,(H,13,16);/p+1/b;9-8-,12-5?;/t;7-;/m.1./s1. The Morgan fingerprint density at radius 1 is 1.04 bits per heavy atom. The zero-order valence-electron chi connectivity index (χ0n) is 29.3. The SMILES string of the molecule is CNC(=O)/C(Cl)=C(\C=[NH2+])N[C@H]1CN(C)[CH2][Al]([c]2ccc(C(=O)N3CCC4(CC3)CCN(c3ccn(C5CCC(=O)NC5=O)c(=O)c3)CC4)cc2)[CH2]1. The first-order valence-electron chi connectivity index (χ1n) is 17.8. The molecule has 2 aromatic rings. The van der Waals surface area contributed by atoms with E-state index in [1.54, 1.807) is 12.3 Å². The van der Waals surface area contributed by atoms with Gasteiger partial charge in [-0.1, -0.05) is 41.1 Å². The van der Waals surface area contributed by atoms with Crippen LogP contribution in [0.15, 0.2) is 58.1 Å². The van der Waals surface area contributed by atoms with Crippen LogP contribution in [0.1, 0.15) is 54.9 Å². The molecule has 5 heterocycles. The van der Waals surface area contributed by atoms with Crippen LogP contribution in [-0.2, 0) is 14.4 Å². The topological polar surface area (TPSA) is 162 Å². The third-order valence-electron chi connectivity index (χ3n) is 11.2. The van der Waals surface area contributed by atoms with Crippen LogP contribution >= 0.6 is 11.6 Å². The Morgan fingerprint density at radius 2 is 1.73 bits per heavy atom. The Kier molecular flexibility index (Phi) is 11.4. The van der Waals surface area contributed by atoms with E-state index in [4.69, 9.17) is 17.0 Å². The number of benzene rings is 1. The number of amides is 4. The molecule has 1 spiro atoms. The molecule has 1 aromatic heterocycles. The van der Waals surface area contributed by atoms with Gasteiger partial charge in [-0.05, 0) is 56.0 Å². The second-order valence-corrected chi connectivity index (χ2v) is 17.7. The molecule has 4 saturated heterocycles. The quantitative estimate of drug-likeness (QED) is 0.123. The van der Waals surface area contributed by atoms with Gasteiger partial charge in [0.15, 0.2) is 6.21 Å². The van der Waals surface area contributed by atoms with E-state index in [9.17, 15) is 24.0 Å². The number of anilines is 1. The summed E-state index contributed by atoms with van der Waals surface area (Å²) in [5.41, 5.74) is 1.93. The van der Waals surface area contributed by atoms with Crippen molar-refractivity contribution in [3.8, 4) is 0 Å². The number of allylic oxidation sites excluding steroid dienone is 1. The second-order valence-electron chi connectivity index (χ2n) is 14.5. The van der Waals surface area contributed by atoms with Gasteiger partial charge >= 0.3 is 14.1 Å². The van der Waals surface area contributed by atoms with Crippen molar-refractivity contribution >= 4 is 65.7 Å². The van der Waals surface area contributed by atoms with E-state index < -0.39 is 26.1 Å². The van der Waals surface area contributed by atoms with Gasteiger partial charge in [0.2, 0.25) is 11.8 Å². The number of likely N-dealkylation sites (tertiary alicyclic amines) is 1. The van der Waals surface area contributed by atoms with Gasteiger partial charge in [-0.25, -0.2) is 0 Å². The molecule has 5 N–H and O–H groups in total. The Morgan fingerprint density at radius 3 is 2.35 bits per heavy atom. The molecular weight excluding hydrogens is 687 g/mol. The number of pyridine rings is 1. The lowest BCUT2D eigenvalue weighted by Gasteiger charge is -2.47. The summed E-state index contributed by atoms with van der Waals surface area (Å²) in [6.07, 6.45) is 7.46. The van der Waals surface area contributed by atoms with Crippen molar-refractivity contribution in [1.29, 1.82) is 0 Å². The first-order valence-corrected chi connectivity index (χ1v) is 20.4. The smallest absolute Gasteiger partial charge is 0.324 e. The fourth-order valence-electron chi connectivity index (χ4n) is 8.19. The summed E-state index contributed by atoms with van der Waals surface area (Å²) in [4.78, 5) is 68.9. The van der Waals surface area contributed by atoms with E-state index in [0.29, 0.717) is 17.7 Å². The highest BCUT2D eigenvalue weighted by Gasteiger charge is 2.39. The Balaban J connectivity index is 1.01. The maximum atomic E-state index is 13.6. The molecule has 1 aromatic carbocycles. The van der Waals surface area contributed by atoms with Crippen molar-refractivity contribution in [3.63, 3.8) is 0 Å². The Hall–Kier alpha value is -3.96. The molecule has 6 rings (SSSR count). The maximum absolute atomic E-state index is 13.6. The zero-order valence-corrected chi connectivity index (χ0v) is 31.2. The molecule has 2 atom stereocenters. The van der Waals surface area contributed by atoms with E-state index in [-0.39, 0.29) is 46.2 Å². The summed E-state index contributed by atoms with van der Waals surface area (Å²) in [6.45, 7) is 3.92. The summed E-state index contributed by atoms with van der Waals surface area (Å²) in [5, 5.41) is 16.0. The monoisotopic (exact) mass is 733 g/mol. The Bertz CT molecular complexity index is 1760. The van der Waals surface area contributed by atoms with Crippen molar-refractivity contribution < 1.29 is 24.6 Å². The van der Waals surface area contributed by atoms with Crippen LogP contribution in [0, 0.1) is 5.41 Å². The molecule has 15 heteroatoms. The summed E-state index contributed by atoms with van der Waals surface area (Å²) in [6, 6.07) is 11.1. The number of hydrogen-bond acceptors (Lipinski definition) is 8. The molecule has 13 nitrogen and oxygen atoms in total. The van der Waals surface area contributed by atoms with Crippen LogP contribution in [-0.4, -0.2) is 117 Å². The molecule has 0 aliphatic carbocycles.